The average Bonchev–Trinajstić information content (AvgIpc) is 2.95. The third-order valence-corrected chi connectivity index (χ3v) is 4.81. The normalized spacial score (nSPS) is 15.8. The van der Waals surface area contributed by atoms with E-state index in [4.69, 9.17) is 9.84 Å². The summed E-state index contributed by atoms with van der Waals surface area (Å²) in [7, 11) is 0. The second-order valence-corrected chi connectivity index (χ2v) is 6.68. The van der Waals surface area contributed by atoms with Gasteiger partial charge in [-0.25, -0.2) is 4.98 Å². The monoisotopic (exact) mass is 330 g/mol. The van der Waals surface area contributed by atoms with Crippen molar-refractivity contribution in [1.29, 1.82) is 0 Å². The Labute approximate surface area is 142 Å². The van der Waals surface area contributed by atoms with Crippen LogP contribution in [0.5, 0.6) is 5.75 Å². The van der Waals surface area contributed by atoms with Crippen LogP contribution in [0.2, 0.25) is 0 Å². The number of nitrogens with zero attached hydrogens (tertiary/aromatic N) is 2. The zero-order chi connectivity index (χ0) is 16.9. The molecular formula is C19H26N2O3. The van der Waals surface area contributed by atoms with Crippen molar-refractivity contribution in [3.8, 4) is 5.75 Å². The van der Waals surface area contributed by atoms with Crippen LogP contribution in [-0.2, 0) is 0 Å². The molecule has 5 heteroatoms. The van der Waals surface area contributed by atoms with Gasteiger partial charge in [-0.3, -0.25) is 9.20 Å². The van der Waals surface area contributed by atoms with Crippen LogP contribution < -0.4 is 4.74 Å². The fourth-order valence-corrected chi connectivity index (χ4v) is 3.52. The number of carbonyl (C=O) groups is 1. The number of carbonyl (C=O) groups excluding carboxylic acids is 1. The summed E-state index contributed by atoms with van der Waals surface area (Å²) in [5, 5.41) is 8.94. The van der Waals surface area contributed by atoms with E-state index in [1.165, 1.54) is 32.1 Å². The smallest absolute Gasteiger partial charge is 0.181 e. The first-order valence-electron chi connectivity index (χ1n) is 8.95. The van der Waals surface area contributed by atoms with Gasteiger partial charge in [0.1, 0.15) is 5.69 Å². The molecule has 1 fully saturated rings. The van der Waals surface area contributed by atoms with E-state index in [0.29, 0.717) is 35.8 Å². The quantitative estimate of drug-likeness (QED) is 0.789. The number of aryl methyl sites for hydroxylation is 1. The number of hydrogen-bond acceptors (Lipinski definition) is 4. The standard InChI is InChI=1S/C19H26N2O3/c1-14-18(16(23)9-6-12-22)21-11-5-10-17(19(21)20-14)24-13-15-7-3-2-4-8-15/h5,10-11,15,22H,2-4,6-9,12-13H2,1H3. The van der Waals surface area contributed by atoms with Crippen molar-refractivity contribution in [2.45, 2.75) is 51.9 Å². The average molecular weight is 330 g/mol. The van der Waals surface area contributed by atoms with Gasteiger partial charge in [-0.15, -0.1) is 0 Å². The zero-order valence-electron chi connectivity index (χ0n) is 14.3. The van der Waals surface area contributed by atoms with Crippen LogP contribution in [0.4, 0.5) is 0 Å². The second-order valence-electron chi connectivity index (χ2n) is 6.68. The molecule has 2 heterocycles. The summed E-state index contributed by atoms with van der Waals surface area (Å²) in [6.07, 6.45) is 9.07. The number of pyridine rings is 1. The number of Topliss-reactive ketones (excluding diaryl/α,β-unsaturated/α-hetero) is 1. The van der Waals surface area contributed by atoms with Crippen LogP contribution in [0.25, 0.3) is 5.65 Å². The predicted octanol–water partition coefficient (Wildman–Crippen LogP) is 3.56. The van der Waals surface area contributed by atoms with E-state index < -0.39 is 0 Å². The van der Waals surface area contributed by atoms with Gasteiger partial charge in [-0.2, -0.15) is 0 Å². The van der Waals surface area contributed by atoms with Crippen molar-refractivity contribution in [2.24, 2.45) is 5.92 Å². The summed E-state index contributed by atoms with van der Waals surface area (Å²) in [4.78, 5) is 17.0. The van der Waals surface area contributed by atoms with Gasteiger partial charge in [-0.05, 0) is 44.2 Å². The lowest BCUT2D eigenvalue weighted by molar-refractivity contribution is 0.0965. The van der Waals surface area contributed by atoms with Crippen LogP contribution in [0, 0.1) is 12.8 Å². The van der Waals surface area contributed by atoms with Crippen LogP contribution in [0.15, 0.2) is 18.3 Å². The van der Waals surface area contributed by atoms with Gasteiger partial charge in [0.05, 0.1) is 12.3 Å². The maximum atomic E-state index is 12.4. The van der Waals surface area contributed by atoms with E-state index in [0.717, 1.165) is 12.4 Å². The summed E-state index contributed by atoms with van der Waals surface area (Å²) in [5.74, 6) is 1.38. The van der Waals surface area contributed by atoms with E-state index in [-0.39, 0.29) is 12.4 Å². The van der Waals surface area contributed by atoms with Gasteiger partial charge in [0, 0.05) is 19.2 Å². The number of ether oxygens (including phenoxy) is 1. The van der Waals surface area contributed by atoms with E-state index in [9.17, 15) is 4.79 Å². The molecular weight excluding hydrogens is 304 g/mol. The Hall–Kier alpha value is -1.88. The van der Waals surface area contributed by atoms with Crippen molar-refractivity contribution in [3.05, 3.63) is 29.7 Å². The number of aromatic nitrogens is 2. The van der Waals surface area contributed by atoms with Crippen molar-refractivity contribution in [2.75, 3.05) is 13.2 Å². The molecule has 0 radical (unpaired) electrons. The lowest BCUT2D eigenvalue weighted by atomic mass is 9.90. The Kier molecular flexibility index (Phi) is 5.51. The summed E-state index contributed by atoms with van der Waals surface area (Å²) < 4.78 is 7.88. The third kappa shape index (κ3) is 3.61. The first kappa shape index (κ1) is 17.0. The highest BCUT2D eigenvalue weighted by molar-refractivity contribution is 5.96. The number of hydrogen-bond donors (Lipinski definition) is 1. The molecule has 1 aliphatic rings. The van der Waals surface area contributed by atoms with Gasteiger partial charge in [-0.1, -0.05) is 19.3 Å². The van der Waals surface area contributed by atoms with Crippen LogP contribution in [-0.4, -0.2) is 33.5 Å². The molecule has 130 valence electrons. The Balaban J connectivity index is 1.81. The summed E-state index contributed by atoms with van der Waals surface area (Å²) >= 11 is 0. The van der Waals surface area contributed by atoms with Crippen molar-refractivity contribution in [3.63, 3.8) is 0 Å². The Bertz CT molecular complexity index is 702. The molecule has 0 spiro atoms. The van der Waals surface area contributed by atoms with E-state index >= 15 is 0 Å². The Morgan fingerprint density at radius 3 is 2.92 bits per heavy atom. The maximum absolute atomic E-state index is 12.4. The van der Waals surface area contributed by atoms with Crippen LogP contribution in [0.1, 0.15) is 61.1 Å². The molecule has 0 amide bonds. The first-order chi connectivity index (χ1) is 11.7. The minimum Gasteiger partial charge on any atom is -0.489 e. The van der Waals surface area contributed by atoms with E-state index in [1.54, 1.807) is 0 Å². The number of fused-ring (bicyclic) bond motifs is 1. The molecule has 1 saturated carbocycles. The van der Waals surface area contributed by atoms with Crippen molar-refractivity contribution in [1.82, 2.24) is 9.38 Å². The van der Waals surface area contributed by atoms with Gasteiger partial charge >= 0.3 is 0 Å². The van der Waals surface area contributed by atoms with Gasteiger partial charge in [0.25, 0.3) is 0 Å². The fraction of sp³-hybridized carbons (Fsp3) is 0.579. The number of aliphatic hydroxyl groups is 1. The molecule has 2 aromatic rings. The number of aliphatic hydroxyl groups excluding tert-OH is 1. The molecule has 1 N–H and O–H groups in total. The Morgan fingerprint density at radius 2 is 2.17 bits per heavy atom. The van der Waals surface area contributed by atoms with Crippen molar-refractivity contribution >= 4 is 11.4 Å². The molecule has 0 unspecified atom stereocenters. The third-order valence-electron chi connectivity index (χ3n) is 4.81. The molecule has 2 aromatic heterocycles. The molecule has 0 atom stereocenters. The van der Waals surface area contributed by atoms with E-state index in [2.05, 4.69) is 4.98 Å². The van der Waals surface area contributed by atoms with Gasteiger partial charge in [0.2, 0.25) is 0 Å². The topological polar surface area (TPSA) is 63.8 Å². The Morgan fingerprint density at radius 1 is 1.38 bits per heavy atom. The highest BCUT2D eigenvalue weighted by Crippen LogP contribution is 2.27. The van der Waals surface area contributed by atoms with E-state index in [1.807, 2.05) is 29.7 Å². The largest absolute Gasteiger partial charge is 0.489 e. The molecule has 0 saturated heterocycles. The first-order valence-corrected chi connectivity index (χ1v) is 8.95. The lowest BCUT2D eigenvalue weighted by Crippen LogP contribution is -2.15. The zero-order valence-corrected chi connectivity index (χ0v) is 14.3. The van der Waals surface area contributed by atoms with Gasteiger partial charge in [0.15, 0.2) is 17.2 Å². The number of imidazole rings is 1. The molecule has 5 nitrogen and oxygen atoms in total. The lowest BCUT2D eigenvalue weighted by Gasteiger charge is -2.21. The number of ketones is 1. The molecule has 3 rings (SSSR count). The molecule has 24 heavy (non-hydrogen) atoms. The summed E-state index contributed by atoms with van der Waals surface area (Å²) in [6.45, 7) is 2.60. The number of rotatable bonds is 7. The minimum atomic E-state index is 0.0125. The molecule has 0 aliphatic heterocycles. The van der Waals surface area contributed by atoms with Gasteiger partial charge < -0.3 is 9.84 Å². The molecule has 0 bridgehead atoms. The SMILES string of the molecule is Cc1nc2c(OCC3CCCCC3)cccn2c1C(=O)CCCO. The predicted molar refractivity (Wildman–Crippen MR) is 92.6 cm³/mol. The molecule has 0 aromatic carbocycles. The summed E-state index contributed by atoms with van der Waals surface area (Å²) in [5.41, 5.74) is 2.02. The fourth-order valence-electron chi connectivity index (χ4n) is 3.52. The highest BCUT2D eigenvalue weighted by Gasteiger charge is 2.19. The van der Waals surface area contributed by atoms with Crippen LogP contribution in [0.3, 0.4) is 0 Å². The second kappa shape index (κ2) is 7.79. The maximum Gasteiger partial charge on any atom is 0.181 e. The van der Waals surface area contributed by atoms with Crippen molar-refractivity contribution < 1.29 is 14.6 Å². The van der Waals surface area contributed by atoms with Crippen LogP contribution >= 0.6 is 0 Å². The highest BCUT2D eigenvalue weighted by atomic mass is 16.5. The summed E-state index contributed by atoms with van der Waals surface area (Å²) in [6, 6.07) is 3.82. The minimum absolute atomic E-state index is 0.0125. The molecule has 1 aliphatic carbocycles.